The zero-order chi connectivity index (χ0) is 9.42. The number of rotatable bonds is 0. The van der Waals surface area contributed by atoms with E-state index >= 15 is 0 Å². The maximum Gasteiger partial charge on any atom is 0.552 e. The molecule has 0 spiro atoms. The Labute approximate surface area is 74.8 Å². The number of hydrogen-bond donors (Lipinski definition) is 2. The lowest BCUT2D eigenvalue weighted by Crippen LogP contribution is -2.22. The van der Waals surface area contributed by atoms with E-state index in [9.17, 15) is 4.39 Å². The van der Waals surface area contributed by atoms with E-state index < -0.39 is 12.9 Å². The molecule has 3 N–H and O–H groups in total. The highest BCUT2D eigenvalue weighted by molar-refractivity contribution is 6.51. The molecule has 1 heterocycles. The van der Waals surface area contributed by atoms with Crippen molar-refractivity contribution in [1.82, 2.24) is 0 Å². The number of benzene rings is 1. The van der Waals surface area contributed by atoms with Crippen LogP contribution in [-0.4, -0.2) is 12.1 Å². The third-order valence-electron chi connectivity index (χ3n) is 1.77. The molecule has 66 valence electrons. The summed E-state index contributed by atoms with van der Waals surface area (Å²) in [7, 11) is -1.08. The molecule has 3 nitrogen and oxygen atoms in total. The van der Waals surface area contributed by atoms with Gasteiger partial charge in [-0.25, -0.2) is 4.39 Å². The van der Waals surface area contributed by atoms with E-state index in [-0.39, 0.29) is 5.75 Å². The molecule has 0 fully saturated rings. The summed E-state index contributed by atoms with van der Waals surface area (Å²) in [6, 6.07) is 2.74. The van der Waals surface area contributed by atoms with Crippen molar-refractivity contribution in [1.29, 1.82) is 0 Å². The second kappa shape index (κ2) is 2.78. The Kier molecular flexibility index (Phi) is 1.74. The zero-order valence-corrected chi connectivity index (χ0v) is 6.70. The first-order chi connectivity index (χ1) is 6.16. The number of halogens is 1. The molecule has 0 amide bonds. The minimum atomic E-state index is -1.08. The van der Waals surface area contributed by atoms with Crippen LogP contribution in [0.2, 0.25) is 0 Å². The minimum Gasteiger partial charge on any atom is -0.530 e. The van der Waals surface area contributed by atoms with Gasteiger partial charge in [0.25, 0.3) is 0 Å². The van der Waals surface area contributed by atoms with Crippen LogP contribution in [0.1, 0.15) is 5.56 Å². The molecule has 5 heteroatoms. The molecular formula is C8H7BFNO2. The van der Waals surface area contributed by atoms with Crippen LogP contribution < -0.4 is 10.4 Å². The lowest BCUT2D eigenvalue weighted by Gasteiger charge is -2.15. The quantitative estimate of drug-likeness (QED) is 0.458. The Morgan fingerprint density at radius 3 is 3.00 bits per heavy atom. The van der Waals surface area contributed by atoms with Crippen LogP contribution in [0.4, 0.5) is 10.1 Å². The summed E-state index contributed by atoms with van der Waals surface area (Å²) in [5, 5.41) is 9.04. The predicted molar refractivity (Wildman–Crippen MR) is 48.4 cm³/mol. The van der Waals surface area contributed by atoms with Crippen LogP contribution in [0.3, 0.4) is 0 Å². The molecule has 0 aliphatic carbocycles. The number of nitrogen functional groups attached to an aromatic ring is 1. The third-order valence-corrected chi connectivity index (χ3v) is 1.77. The normalized spacial score (nSPS) is 13.8. The summed E-state index contributed by atoms with van der Waals surface area (Å²) in [6.45, 7) is 0. The second-order valence-corrected chi connectivity index (χ2v) is 2.79. The molecule has 0 bridgehead atoms. The summed E-state index contributed by atoms with van der Waals surface area (Å²) in [5.74, 6) is 0.906. The topological polar surface area (TPSA) is 55.5 Å². The van der Waals surface area contributed by atoms with Crippen LogP contribution in [0.15, 0.2) is 18.1 Å². The Morgan fingerprint density at radius 2 is 2.23 bits per heavy atom. The smallest absolute Gasteiger partial charge is 0.530 e. The van der Waals surface area contributed by atoms with E-state index in [1.54, 1.807) is 12.1 Å². The van der Waals surface area contributed by atoms with Gasteiger partial charge in [-0.05, 0) is 12.0 Å². The molecular weight excluding hydrogens is 172 g/mol. The molecule has 0 aromatic heterocycles. The molecule has 0 saturated carbocycles. The van der Waals surface area contributed by atoms with Crippen molar-refractivity contribution in [3.8, 4) is 5.75 Å². The fourth-order valence-corrected chi connectivity index (χ4v) is 1.23. The Bertz CT molecular complexity index is 381. The lowest BCUT2D eigenvalue weighted by molar-refractivity contribution is 0.409. The van der Waals surface area contributed by atoms with Gasteiger partial charge in [-0.1, -0.05) is 6.08 Å². The van der Waals surface area contributed by atoms with Gasteiger partial charge < -0.3 is 15.4 Å². The summed E-state index contributed by atoms with van der Waals surface area (Å²) in [4.78, 5) is 0. The monoisotopic (exact) mass is 179 g/mol. The average molecular weight is 179 g/mol. The van der Waals surface area contributed by atoms with E-state index in [4.69, 9.17) is 15.4 Å². The molecule has 1 aliphatic heterocycles. The number of nitrogens with two attached hydrogens (primary N) is 1. The average Bonchev–Trinajstić information content (AvgIpc) is 2.06. The molecule has 0 unspecified atom stereocenters. The highest BCUT2D eigenvalue weighted by Gasteiger charge is 2.21. The van der Waals surface area contributed by atoms with Gasteiger partial charge in [0.05, 0.1) is 0 Å². The standard InChI is InChI=1S/C8H7BFNO2/c10-7-4-6(11)3-5-1-2-9(12)13-8(5)7/h1-4,12H,11H2. The zero-order valence-electron chi connectivity index (χ0n) is 6.70. The molecule has 2 rings (SSSR count). The lowest BCUT2D eigenvalue weighted by atomic mass is 9.86. The van der Waals surface area contributed by atoms with Gasteiger partial charge in [0.15, 0.2) is 5.82 Å². The van der Waals surface area contributed by atoms with Gasteiger partial charge in [-0.3, -0.25) is 0 Å². The minimum absolute atomic E-state index is 0.0456. The molecule has 0 radical (unpaired) electrons. The maximum absolute atomic E-state index is 13.2. The first-order valence-electron chi connectivity index (χ1n) is 3.79. The molecule has 1 aromatic rings. The third kappa shape index (κ3) is 1.38. The first kappa shape index (κ1) is 8.13. The molecule has 0 saturated heterocycles. The fourth-order valence-electron chi connectivity index (χ4n) is 1.23. The summed E-state index contributed by atoms with van der Waals surface area (Å²) in [5.41, 5.74) is 6.30. The van der Waals surface area contributed by atoms with Crippen LogP contribution in [0.5, 0.6) is 5.75 Å². The van der Waals surface area contributed by atoms with Crippen LogP contribution in [-0.2, 0) is 0 Å². The SMILES string of the molecule is Nc1cc(F)c2c(c1)C=CB(O)O2. The van der Waals surface area contributed by atoms with Crippen molar-refractivity contribution < 1.29 is 14.1 Å². The van der Waals surface area contributed by atoms with Gasteiger partial charge in [0.1, 0.15) is 5.75 Å². The highest BCUT2D eigenvalue weighted by Crippen LogP contribution is 2.29. The number of fused-ring (bicyclic) bond motifs is 1. The van der Waals surface area contributed by atoms with Crippen molar-refractivity contribution in [2.45, 2.75) is 0 Å². The van der Waals surface area contributed by atoms with Gasteiger partial charge in [0, 0.05) is 17.3 Å². The van der Waals surface area contributed by atoms with Gasteiger partial charge in [-0.15, -0.1) is 0 Å². The summed E-state index contributed by atoms with van der Waals surface area (Å²) < 4.78 is 18.0. The van der Waals surface area contributed by atoms with E-state index in [1.165, 1.54) is 5.98 Å². The van der Waals surface area contributed by atoms with Gasteiger partial charge in [-0.2, -0.15) is 0 Å². The van der Waals surface area contributed by atoms with Crippen molar-refractivity contribution in [3.63, 3.8) is 0 Å². The van der Waals surface area contributed by atoms with E-state index in [1.807, 2.05) is 0 Å². The number of anilines is 1. The summed E-state index contributed by atoms with van der Waals surface area (Å²) >= 11 is 0. The van der Waals surface area contributed by atoms with Crippen molar-refractivity contribution in [3.05, 3.63) is 29.5 Å². The summed E-state index contributed by atoms with van der Waals surface area (Å²) in [6.07, 6.45) is 1.57. The molecule has 13 heavy (non-hydrogen) atoms. The van der Waals surface area contributed by atoms with E-state index in [0.29, 0.717) is 11.3 Å². The molecule has 0 atom stereocenters. The first-order valence-corrected chi connectivity index (χ1v) is 3.79. The second-order valence-electron chi connectivity index (χ2n) is 2.79. The van der Waals surface area contributed by atoms with Crippen molar-refractivity contribution in [2.24, 2.45) is 0 Å². The van der Waals surface area contributed by atoms with Crippen LogP contribution >= 0.6 is 0 Å². The van der Waals surface area contributed by atoms with Gasteiger partial charge >= 0.3 is 7.12 Å². The van der Waals surface area contributed by atoms with E-state index in [0.717, 1.165) is 6.07 Å². The van der Waals surface area contributed by atoms with E-state index in [2.05, 4.69) is 0 Å². The fraction of sp³-hybridized carbons (Fsp3) is 0. The molecule has 1 aliphatic rings. The number of hydrogen-bond acceptors (Lipinski definition) is 3. The molecule has 1 aromatic carbocycles. The van der Waals surface area contributed by atoms with Gasteiger partial charge in [0.2, 0.25) is 0 Å². The van der Waals surface area contributed by atoms with Crippen molar-refractivity contribution >= 4 is 18.9 Å². The maximum atomic E-state index is 13.2. The van der Waals surface area contributed by atoms with Crippen molar-refractivity contribution in [2.75, 3.05) is 5.73 Å². The predicted octanol–water partition coefficient (Wildman–Crippen LogP) is 0.833. The Hall–Kier alpha value is -1.49. The largest absolute Gasteiger partial charge is 0.552 e. The van der Waals surface area contributed by atoms with Crippen LogP contribution in [0.25, 0.3) is 6.08 Å². The Morgan fingerprint density at radius 1 is 1.46 bits per heavy atom. The highest BCUT2D eigenvalue weighted by atomic mass is 19.1. The van der Waals surface area contributed by atoms with Crippen LogP contribution in [0, 0.1) is 5.82 Å². The Balaban J connectivity index is 2.56.